The van der Waals surface area contributed by atoms with Crippen molar-refractivity contribution in [3.8, 4) is 0 Å². The van der Waals surface area contributed by atoms with Gasteiger partial charge in [0.05, 0.1) is 4.90 Å². The highest BCUT2D eigenvalue weighted by Crippen LogP contribution is 2.38. The van der Waals surface area contributed by atoms with E-state index < -0.39 is 9.84 Å². The smallest absolute Gasteiger partial charge is 0.251 e. The summed E-state index contributed by atoms with van der Waals surface area (Å²) in [5, 5.41) is 3.14. The molecule has 2 atom stereocenters. The fourth-order valence-electron chi connectivity index (χ4n) is 3.46. The maximum atomic E-state index is 12.6. The van der Waals surface area contributed by atoms with Gasteiger partial charge < -0.3 is 5.32 Å². The third kappa shape index (κ3) is 4.56. The Morgan fingerprint density at radius 3 is 2.43 bits per heavy atom. The fourth-order valence-corrected chi connectivity index (χ4v) is 4.13. The minimum absolute atomic E-state index is 0.146. The van der Waals surface area contributed by atoms with E-state index in [2.05, 4.69) is 26.1 Å². The minimum atomic E-state index is -3.31. The van der Waals surface area contributed by atoms with Crippen LogP contribution in [0.3, 0.4) is 0 Å². The van der Waals surface area contributed by atoms with Gasteiger partial charge in [0.2, 0.25) is 0 Å². The van der Waals surface area contributed by atoms with E-state index in [1.807, 2.05) is 0 Å². The first-order valence-corrected chi connectivity index (χ1v) is 10.1. The standard InChI is InChI=1S/C18H27NO3S/c1-18(2,3)15-10-5-6-11-16(15)19-17(20)13-8-7-9-14(12-13)23(4,21)22/h7-9,12,15-16H,5-6,10-11H2,1-4H3,(H,19,20)/t15-,16+/m1/s1. The third-order valence-corrected chi connectivity index (χ3v) is 5.83. The number of rotatable bonds is 3. The van der Waals surface area contributed by atoms with Crippen LogP contribution in [0.25, 0.3) is 0 Å². The Bertz CT molecular complexity index is 674. The highest BCUT2D eigenvalue weighted by molar-refractivity contribution is 7.90. The van der Waals surface area contributed by atoms with E-state index in [-0.39, 0.29) is 22.3 Å². The Kier molecular flexibility index (Phi) is 5.19. The summed E-state index contributed by atoms with van der Waals surface area (Å²) in [5.74, 6) is 0.259. The molecule has 0 radical (unpaired) electrons. The first-order chi connectivity index (χ1) is 10.6. The molecule has 4 nitrogen and oxygen atoms in total. The van der Waals surface area contributed by atoms with Crippen molar-refractivity contribution in [1.29, 1.82) is 0 Å². The molecule has 1 aliphatic carbocycles. The number of benzene rings is 1. The molecule has 128 valence electrons. The Morgan fingerprint density at radius 2 is 1.83 bits per heavy atom. The Morgan fingerprint density at radius 1 is 1.17 bits per heavy atom. The quantitative estimate of drug-likeness (QED) is 0.919. The van der Waals surface area contributed by atoms with Crippen molar-refractivity contribution in [3.63, 3.8) is 0 Å². The van der Waals surface area contributed by atoms with Crippen LogP contribution in [-0.4, -0.2) is 26.6 Å². The van der Waals surface area contributed by atoms with Gasteiger partial charge in [-0.15, -0.1) is 0 Å². The fraction of sp³-hybridized carbons (Fsp3) is 0.611. The first-order valence-electron chi connectivity index (χ1n) is 8.20. The molecule has 1 saturated carbocycles. The second-order valence-corrected chi connectivity index (χ2v) is 9.65. The lowest BCUT2D eigenvalue weighted by Gasteiger charge is -2.40. The van der Waals surface area contributed by atoms with Crippen molar-refractivity contribution in [2.75, 3.05) is 6.26 Å². The predicted octanol–water partition coefficient (Wildman–Crippen LogP) is 3.42. The average molecular weight is 337 g/mol. The van der Waals surface area contributed by atoms with Gasteiger partial charge in [0, 0.05) is 17.9 Å². The Hall–Kier alpha value is -1.36. The van der Waals surface area contributed by atoms with Gasteiger partial charge in [-0.1, -0.05) is 39.7 Å². The molecule has 1 amide bonds. The molecule has 1 aromatic carbocycles. The van der Waals surface area contributed by atoms with E-state index in [4.69, 9.17) is 0 Å². The normalized spacial score (nSPS) is 22.6. The maximum Gasteiger partial charge on any atom is 0.251 e. The molecule has 0 aliphatic heterocycles. The molecule has 23 heavy (non-hydrogen) atoms. The lowest BCUT2D eigenvalue weighted by atomic mass is 9.69. The van der Waals surface area contributed by atoms with Gasteiger partial charge in [0.1, 0.15) is 0 Å². The van der Waals surface area contributed by atoms with E-state index in [9.17, 15) is 13.2 Å². The van der Waals surface area contributed by atoms with E-state index in [1.165, 1.54) is 18.6 Å². The van der Waals surface area contributed by atoms with Gasteiger partial charge in [-0.2, -0.15) is 0 Å². The molecule has 1 aliphatic rings. The topological polar surface area (TPSA) is 63.2 Å². The number of sulfone groups is 1. The SMILES string of the molecule is CC(C)(C)[C@@H]1CCCC[C@@H]1NC(=O)c1cccc(S(C)(=O)=O)c1. The number of hydrogen-bond donors (Lipinski definition) is 1. The van der Waals surface area contributed by atoms with Crippen molar-refractivity contribution in [1.82, 2.24) is 5.32 Å². The van der Waals surface area contributed by atoms with Crippen LogP contribution < -0.4 is 5.32 Å². The van der Waals surface area contributed by atoms with Gasteiger partial charge >= 0.3 is 0 Å². The summed E-state index contributed by atoms with van der Waals surface area (Å²) in [6.07, 6.45) is 5.59. The molecule has 0 spiro atoms. The zero-order valence-electron chi connectivity index (χ0n) is 14.4. The molecule has 1 aromatic rings. The van der Waals surface area contributed by atoms with Gasteiger partial charge in [-0.25, -0.2) is 8.42 Å². The molecular formula is C18H27NO3S. The second-order valence-electron chi connectivity index (χ2n) is 7.64. The molecule has 0 bridgehead atoms. The molecule has 0 heterocycles. The molecular weight excluding hydrogens is 310 g/mol. The molecule has 1 N–H and O–H groups in total. The van der Waals surface area contributed by atoms with E-state index in [0.717, 1.165) is 25.5 Å². The van der Waals surface area contributed by atoms with Crippen LogP contribution in [0.1, 0.15) is 56.8 Å². The summed E-state index contributed by atoms with van der Waals surface area (Å²) in [6.45, 7) is 6.64. The predicted molar refractivity (Wildman–Crippen MR) is 92.2 cm³/mol. The zero-order chi connectivity index (χ0) is 17.3. The van der Waals surface area contributed by atoms with Gasteiger partial charge in [0.15, 0.2) is 9.84 Å². The van der Waals surface area contributed by atoms with Crippen LogP contribution in [-0.2, 0) is 9.84 Å². The largest absolute Gasteiger partial charge is 0.349 e. The van der Waals surface area contributed by atoms with Crippen LogP contribution in [0.5, 0.6) is 0 Å². The lowest BCUT2D eigenvalue weighted by Crippen LogP contribution is -2.46. The number of carbonyl (C=O) groups is 1. The minimum Gasteiger partial charge on any atom is -0.349 e. The number of hydrogen-bond acceptors (Lipinski definition) is 3. The Labute approximate surface area is 139 Å². The molecule has 2 rings (SSSR count). The van der Waals surface area contributed by atoms with Crippen molar-refractivity contribution in [2.24, 2.45) is 11.3 Å². The highest BCUT2D eigenvalue weighted by atomic mass is 32.2. The average Bonchev–Trinajstić information content (AvgIpc) is 2.46. The summed E-state index contributed by atoms with van der Waals surface area (Å²) in [7, 11) is -3.31. The first kappa shape index (κ1) is 18.0. The van der Waals surface area contributed by atoms with Crippen LogP contribution in [0.15, 0.2) is 29.2 Å². The monoisotopic (exact) mass is 337 g/mol. The third-order valence-electron chi connectivity index (χ3n) is 4.72. The number of nitrogens with one attached hydrogen (secondary N) is 1. The molecule has 1 fully saturated rings. The summed E-state index contributed by atoms with van der Waals surface area (Å²) < 4.78 is 23.3. The van der Waals surface area contributed by atoms with Crippen LogP contribution in [0, 0.1) is 11.3 Å². The van der Waals surface area contributed by atoms with Crippen molar-refractivity contribution >= 4 is 15.7 Å². The molecule has 0 unspecified atom stereocenters. The van der Waals surface area contributed by atoms with Crippen molar-refractivity contribution in [2.45, 2.75) is 57.4 Å². The number of carbonyl (C=O) groups excluding carboxylic acids is 1. The lowest BCUT2D eigenvalue weighted by molar-refractivity contribution is 0.0830. The Balaban J connectivity index is 2.18. The molecule has 0 saturated heterocycles. The summed E-state index contributed by atoms with van der Waals surface area (Å²) in [5.41, 5.74) is 0.554. The van der Waals surface area contributed by atoms with Gasteiger partial charge in [-0.3, -0.25) is 4.79 Å². The zero-order valence-corrected chi connectivity index (χ0v) is 15.2. The van der Waals surface area contributed by atoms with Gasteiger partial charge in [-0.05, 0) is 42.4 Å². The highest BCUT2D eigenvalue weighted by Gasteiger charge is 2.35. The van der Waals surface area contributed by atoms with E-state index >= 15 is 0 Å². The van der Waals surface area contributed by atoms with Crippen LogP contribution in [0.2, 0.25) is 0 Å². The van der Waals surface area contributed by atoms with Crippen LogP contribution in [0.4, 0.5) is 0 Å². The van der Waals surface area contributed by atoms with Crippen molar-refractivity contribution in [3.05, 3.63) is 29.8 Å². The number of amides is 1. The summed E-state index contributed by atoms with van der Waals surface area (Å²) >= 11 is 0. The van der Waals surface area contributed by atoms with Crippen LogP contribution >= 0.6 is 0 Å². The maximum absolute atomic E-state index is 12.6. The van der Waals surface area contributed by atoms with Crippen molar-refractivity contribution < 1.29 is 13.2 Å². The summed E-state index contributed by atoms with van der Waals surface area (Å²) in [4.78, 5) is 12.7. The van der Waals surface area contributed by atoms with E-state index in [1.54, 1.807) is 12.1 Å². The second kappa shape index (κ2) is 6.63. The molecule has 5 heteroatoms. The molecule has 0 aromatic heterocycles. The van der Waals surface area contributed by atoms with Gasteiger partial charge in [0.25, 0.3) is 5.91 Å². The van der Waals surface area contributed by atoms with E-state index in [0.29, 0.717) is 11.5 Å². The summed E-state index contributed by atoms with van der Waals surface area (Å²) in [6, 6.07) is 6.41.